The van der Waals surface area contributed by atoms with Gasteiger partial charge < -0.3 is 14.7 Å². The first-order chi connectivity index (χ1) is 10.1. The highest BCUT2D eigenvalue weighted by molar-refractivity contribution is 5.82. The lowest BCUT2D eigenvalue weighted by atomic mass is 10.2. The maximum Gasteiger partial charge on any atom is 0.323 e. The number of aliphatic carboxylic acids is 1. The van der Waals surface area contributed by atoms with Crippen molar-refractivity contribution in [2.24, 2.45) is 0 Å². The van der Waals surface area contributed by atoms with E-state index in [1.54, 1.807) is 6.07 Å². The van der Waals surface area contributed by atoms with Crippen LogP contribution in [0.3, 0.4) is 0 Å². The maximum absolute atomic E-state index is 12.3. The van der Waals surface area contributed by atoms with Gasteiger partial charge in [-0.05, 0) is 31.4 Å². The van der Waals surface area contributed by atoms with Gasteiger partial charge in [-0.15, -0.1) is 0 Å². The molecule has 1 aromatic rings. The highest BCUT2D eigenvalue weighted by atomic mass is 16.5. The SMILES string of the molecule is Cc1ccccc1OCC(=O)N(CC(=O)O)C1CCCC1. The van der Waals surface area contributed by atoms with E-state index >= 15 is 0 Å². The first-order valence-corrected chi connectivity index (χ1v) is 7.27. The van der Waals surface area contributed by atoms with E-state index in [0.717, 1.165) is 31.2 Å². The third-order valence-electron chi connectivity index (χ3n) is 3.84. The molecule has 5 heteroatoms. The second kappa shape index (κ2) is 7.11. The molecule has 1 aromatic carbocycles. The maximum atomic E-state index is 12.3. The summed E-state index contributed by atoms with van der Waals surface area (Å²) in [6, 6.07) is 7.50. The Morgan fingerprint density at radius 3 is 2.57 bits per heavy atom. The number of carboxylic acids is 1. The van der Waals surface area contributed by atoms with E-state index in [-0.39, 0.29) is 25.1 Å². The fraction of sp³-hybridized carbons (Fsp3) is 0.500. The monoisotopic (exact) mass is 291 g/mol. The van der Waals surface area contributed by atoms with Crippen LogP contribution in [-0.2, 0) is 9.59 Å². The molecule has 0 aliphatic heterocycles. The minimum absolute atomic E-state index is 0.0362. The molecule has 0 saturated heterocycles. The van der Waals surface area contributed by atoms with Crippen molar-refractivity contribution in [1.29, 1.82) is 0 Å². The number of hydrogen-bond acceptors (Lipinski definition) is 3. The molecule has 0 unspecified atom stereocenters. The quantitative estimate of drug-likeness (QED) is 0.872. The van der Waals surface area contributed by atoms with E-state index in [4.69, 9.17) is 9.84 Å². The lowest BCUT2D eigenvalue weighted by Crippen LogP contribution is -2.44. The Bertz CT molecular complexity index is 509. The van der Waals surface area contributed by atoms with Gasteiger partial charge in [0.05, 0.1) is 0 Å². The Morgan fingerprint density at radius 2 is 1.95 bits per heavy atom. The third-order valence-corrected chi connectivity index (χ3v) is 3.84. The number of aryl methyl sites for hydroxylation is 1. The Morgan fingerprint density at radius 1 is 1.29 bits per heavy atom. The van der Waals surface area contributed by atoms with Crippen molar-refractivity contribution in [3.63, 3.8) is 0 Å². The van der Waals surface area contributed by atoms with Crippen molar-refractivity contribution in [2.45, 2.75) is 38.6 Å². The zero-order valence-corrected chi connectivity index (χ0v) is 12.2. The van der Waals surface area contributed by atoms with E-state index in [0.29, 0.717) is 5.75 Å². The molecular weight excluding hydrogens is 270 g/mol. The predicted octanol–water partition coefficient (Wildman–Crippen LogP) is 2.23. The number of carbonyl (C=O) groups is 2. The van der Waals surface area contributed by atoms with Gasteiger partial charge in [-0.2, -0.15) is 0 Å². The number of benzene rings is 1. The van der Waals surface area contributed by atoms with E-state index in [1.165, 1.54) is 4.90 Å². The largest absolute Gasteiger partial charge is 0.484 e. The Balaban J connectivity index is 1.97. The van der Waals surface area contributed by atoms with Gasteiger partial charge in [0.2, 0.25) is 0 Å². The van der Waals surface area contributed by atoms with E-state index in [1.807, 2.05) is 25.1 Å². The topological polar surface area (TPSA) is 66.8 Å². The van der Waals surface area contributed by atoms with Gasteiger partial charge in [0, 0.05) is 6.04 Å². The normalized spacial score (nSPS) is 14.9. The van der Waals surface area contributed by atoms with Crippen molar-refractivity contribution in [3.05, 3.63) is 29.8 Å². The number of hydrogen-bond donors (Lipinski definition) is 1. The lowest BCUT2D eigenvalue weighted by Gasteiger charge is -2.27. The van der Waals surface area contributed by atoms with Crippen LogP contribution in [0.1, 0.15) is 31.2 Å². The summed E-state index contributed by atoms with van der Waals surface area (Å²) < 4.78 is 5.54. The second-order valence-electron chi connectivity index (χ2n) is 5.41. The van der Waals surface area contributed by atoms with Crippen LogP contribution in [0.25, 0.3) is 0 Å². The van der Waals surface area contributed by atoms with Crippen molar-refractivity contribution in [2.75, 3.05) is 13.2 Å². The molecule has 0 spiro atoms. The molecule has 1 amide bonds. The Labute approximate surface area is 124 Å². The summed E-state index contributed by atoms with van der Waals surface area (Å²) in [5.74, 6) is -0.578. The van der Waals surface area contributed by atoms with Crippen LogP contribution in [0.15, 0.2) is 24.3 Å². The Hall–Kier alpha value is -2.04. The number of carboxylic acid groups (broad SMARTS) is 1. The summed E-state index contributed by atoms with van der Waals surface area (Å²) in [6.45, 7) is 1.54. The molecule has 0 aromatic heterocycles. The second-order valence-corrected chi connectivity index (χ2v) is 5.41. The van der Waals surface area contributed by atoms with Crippen molar-refractivity contribution >= 4 is 11.9 Å². The minimum atomic E-state index is -0.980. The van der Waals surface area contributed by atoms with E-state index in [2.05, 4.69) is 0 Å². The molecule has 0 heterocycles. The average Bonchev–Trinajstić information content (AvgIpc) is 2.97. The number of rotatable bonds is 6. The van der Waals surface area contributed by atoms with Gasteiger partial charge in [-0.1, -0.05) is 31.0 Å². The fourth-order valence-corrected chi connectivity index (χ4v) is 2.72. The van der Waals surface area contributed by atoms with Gasteiger partial charge in [-0.3, -0.25) is 9.59 Å². The van der Waals surface area contributed by atoms with Gasteiger partial charge in [0.15, 0.2) is 6.61 Å². The molecule has 21 heavy (non-hydrogen) atoms. The predicted molar refractivity (Wildman–Crippen MR) is 78.3 cm³/mol. The average molecular weight is 291 g/mol. The first kappa shape index (κ1) is 15.4. The zero-order valence-electron chi connectivity index (χ0n) is 12.2. The van der Waals surface area contributed by atoms with Crippen LogP contribution in [-0.4, -0.2) is 41.1 Å². The molecule has 1 fully saturated rings. The number of para-hydroxylation sites is 1. The molecule has 2 rings (SSSR count). The molecule has 5 nitrogen and oxygen atoms in total. The molecule has 1 N–H and O–H groups in total. The van der Waals surface area contributed by atoms with Crippen LogP contribution < -0.4 is 4.74 Å². The molecule has 0 atom stereocenters. The summed E-state index contributed by atoms with van der Waals surface area (Å²) in [4.78, 5) is 24.7. The van der Waals surface area contributed by atoms with Crippen LogP contribution >= 0.6 is 0 Å². The number of nitrogens with zero attached hydrogens (tertiary/aromatic N) is 1. The Kier molecular flexibility index (Phi) is 5.20. The van der Waals surface area contributed by atoms with Crippen molar-refractivity contribution in [3.8, 4) is 5.75 Å². The molecule has 0 radical (unpaired) electrons. The van der Waals surface area contributed by atoms with Crippen LogP contribution in [0.4, 0.5) is 0 Å². The third kappa shape index (κ3) is 4.21. The number of ether oxygens (including phenoxy) is 1. The fourth-order valence-electron chi connectivity index (χ4n) is 2.72. The first-order valence-electron chi connectivity index (χ1n) is 7.27. The summed E-state index contributed by atoms with van der Waals surface area (Å²) in [7, 11) is 0. The summed E-state index contributed by atoms with van der Waals surface area (Å²) >= 11 is 0. The number of carbonyl (C=O) groups excluding carboxylic acids is 1. The van der Waals surface area contributed by atoms with Crippen molar-refractivity contribution < 1.29 is 19.4 Å². The van der Waals surface area contributed by atoms with Crippen LogP contribution in [0, 0.1) is 6.92 Å². The minimum Gasteiger partial charge on any atom is -0.484 e. The molecular formula is C16H21NO4. The van der Waals surface area contributed by atoms with Crippen LogP contribution in [0.2, 0.25) is 0 Å². The van der Waals surface area contributed by atoms with Gasteiger partial charge >= 0.3 is 5.97 Å². The van der Waals surface area contributed by atoms with Crippen molar-refractivity contribution in [1.82, 2.24) is 4.90 Å². The summed E-state index contributed by atoms with van der Waals surface area (Å²) in [5.41, 5.74) is 0.955. The molecule has 1 saturated carbocycles. The molecule has 1 aliphatic rings. The smallest absolute Gasteiger partial charge is 0.323 e. The van der Waals surface area contributed by atoms with Gasteiger partial charge in [0.25, 0.3) is 5.91 Å². The van der Waals surface area contributed by atoms with Crippen LogP contribution in [0.5, 0.6) is 5.75 Å². The number of amides is 1. The van der Waals surface area contributed by atoms with E-state index in [9.17, 15) is 9.59 Å². The highest BCUT2D eigenvalue weighted by Gasteiger charge is 2.28. The van der Waals surface area contributed by atoms with E-state index < -0.39 is 5.97 Å². The molecule has 1 aliphatic carbocycles. The lowest BCUT2D eigenvalue weighted by molar-refractivity contribution is -0.147. The van der Waals surface area contributed by atoms with Gasteiger partial charge in [0.1, 0.15) is 12.3 Å². The summed E-state index contributed by atoms with van der Waals surface area (Å²) in [5, 5.41) is 8.99. The molecule has 114 valence electrons. The molecule has 0 bridgehead atoms. The summed E-state index contributed by atoms with van der Waals surface area (Å²) in [6.07, 6.45) is 3.85. The zero-order chi connectivity index (χ0) is 15.2. The standard InChI is InChI=1S/C16H21NO4/c1-12-6-2-5-9-14(12)21-11-15(18)17(10-16(19)20)13-7-3-4-8-13/h2,5-6,9,13H,3-4,7-8,10-11H2,1H3,(H,19,20). The van der Waals surface area contributed by atoms with Gasteiger partial charge in [-0.25, -0.2) is 0 Å². The highest BCUT2D eigenvalue weighted by Crippen LogP contribution is 2.24.